The number of rotatable bonds is 4. The predicted molar refractivity (Wildman–Crippen MR) is 99.3 cm³/mol. The van der Waals surface area contributed by atoms with Gasteiger partial charge in [-0.25, -0.2) is 0 Å². The first-order valence-electron chi connectivity index (χ1n) is 7.79. The molecule has 2 aromatic carbocycles. The van der Waals surface area contributed by atoms with Crippen LogP contribution in [0.1, 0.15) is 20.3 Å². The molecule has 22 heavy (non-hydrogen) atoms. The molecule has 0 spiro atoms. The van der Waals surface area contributed by atoms with Crippen LogP contribution in [0.2, 0.25) is 0 Å². The number of anilines is 2. The molecule has 1 unspecified atom stereocenters. The van der Waals surface area contributed by atoms with Crippen molar-refractivity contribution < 1.29 is 4.74 Å². The molecule has 0 aliphatic carbocycles. The zero-order valence-corrected chi connectivity index (χ0v) is 15.7. The molecule has 3 nitrogen and oxygen atoms in total. The van der Waals surface area contributed by atoms with Crippen LogP contribution >= 0.6 is 5.51 Å². The monoisotopic (exact) mass is 382 g/mol. The summed E-state index contributed by atoms with van der Waals surface area (Å²) in [7, 11) is 0. The Kier molecular flexibility index (Phi) is 4.94. The number of hydrogen-bond donors (Lipinski definition) is 2. The zero-order valence-electron chi connectivity index (χ0n) is 13.1. The van der Waals surface area contributed by atoms with E-state index in [0.29, 0.717) is 6.10 Å². The van der Waals surface area contributed by atoms with Gasteiger partial charge < -0.3 is 0 Å². The molecular weight excluding hydrogens is 358 g/mol. The quantitative estimate of drug-likeness (QED) is 0.606. The van der Waals surface area contributed by atoms with Crippen LogP contribution in [0.25, 0.3) is 10.8 Å². The third-order valence-electron chi connectivity index (χ3n) is 4.19. The van der Waals surface area contributed by atoms with Crippen LogP contribution in [0.4, 0.5) is 11.4 Å². The second-order valence-corrected chi connectivity index (χ2v) is 13.8. The maximum atomic E-state index is 6.03. The summed E-state index contributed by atoms with van der Waals surface area (Å²) in [5.74, 6) is 0. The second kappa shape index (κ2) is 6.76. The minimum absolute atomic E-state index is 0.325. The van der Waals surface area contributed by atoms with Gasteiger partial charge in [0.25, 0.3) is 0 Å². The van der Waals surface area contributed by atoms with E-state index in [1.54, 1.807) is 0 Å². The molecular formula is C17H23N2OPSe. The summed E-state index contributed by atoms with van der Waals surface area (Å²) in [5, 5.41) is 9.89. The second-order valence-electron chi connectivity index (χ2n) is 5.95. The number of benzene rings is 2. The Morgan fingerprint density at radius 3 is 2.27 bits per heavy atom. The van der Waals surface area contributed by atoms with E-state index in [0.717, 1.165) is 25.3 Å². The Balaban J connectivity index is 1.87. The van der Waals surface area contributed by atoms with Crippen molar-refractivity contribution in [1.82, 2.24) is 0 Å². The molecule has 118 valence electrons. The molecule has 5 heteroatoms. The molecule has 0 fully saturated rings. The predicted octanol–water partition coefficient (Wildman–Crippen LogP) is 4.47. The molecule has 0 saturated heterocycles. The van der Waals surface area contributed by atoms with E-state index in [-0.39, 0.29) is 0 Å². The molecule has 2 N–H and O–H groups in total. The molecule has 3 rings (SSSR count). The van der Waals surface area contributed by atoms with E-state index in [1.165, 1.54) is 22.1 Å². The van der Waals surface area contributed by atoms with Crippen molar-refractivity contribution in [3.05, 3.63) is 36.4 Å². The summed E-state index contributed by atoms with van der Waals surface area (Å²) in [6, 6.07) is 12.9. The van der Waals surface area contributed by atoms with Crippen LogP contribution in [0.5, 0.6) is 0 Å². The zero-order chi connectivity index (χ0) is 15.6. The fraction of sp³-hybridized carbons (Fsp3) is 0.412. The summed E-state index contributed by atoms with van der Waals surface area (Å²) in [6.45, 7) is 4.31. The van der Waals surface area contributed by atoms with Gasteiger partial charge in [-0.05, 0) is 0 Å². The Morgan fingerprint density at radius 1 is 1.14 bits per heavy atom. The van der Waals surface area contributed by atoms with Crippen molar-refractivity contribution >= 4 is 42.8 Å². The molecule has 0 aromatic heterocycles. The van der Waals surface area contributed by atoms with Crippen molar-refractivity contribution in [3.8, 4) is 0 Å². The summed E-state index contributed by atoms with van der Waals surface area (Å²) in [6.07, 6.45) is 4.13. The van der Waals surface area contributed by atoms with Crippen LogP contribution in [0.15, 0.2) is 36.4 Å². The van der Waals surface area contributed by atoms with Crippen LogP contribution in [0.3, 0.4) is 0 Å². The normalized spacial score (nSPS) is 17.9. The Morgan fingerprint density at radius 2 is 1.73 bits per heavy atom. The van der Waals surface area contributed by atoms with E-state index >= 15 is 0 Å². The third kappa shape index (κ3) is 3.41. The summed E-state index contributed by atoms with van der Waals surface area (Å²) in [5.41, 5.74) is 1.09. The minimum atomic E-state index is -1.33. The summed E-state index contributed by atoms with van der Waals surface area (Å²) in [4.78, 5) is 0. The first-order chi connectivity index (χ1) is 10.6. The van der Waals surface area contributed by atoms with Gasteiger partial charge in [0.2, 0.25) is 0 Å². The molecule has 0 bridgehead atoms. The van der Waals surface area contributed by atoms with Gasteiger partial charge in [-0.2, -0.15) is 0 Å². The molecule has 0 radical (unpaired) electrons. The van der Waals surface area contributed by atoms with Crippen molar-refractivity contribution in [2.24, 2.45) is 0 Å². The Hall–Kier alpha value is -0.791. The standard InChI is InChI=1S/C17H23N2OPSe/c1-3-13(2)20-12-21(22)10-18-15-8-4-6-14-7-5-9-16(17(14)15)19-11-21/h4-9,13,18-19H,3,10-12H2,1-2H3. The number of hydrogen-bond acceptors (Lipinski definition) is 3. The van der Waals surface area contributed by atoms with Crippen molar-refractivity contribution in [2.75, 3.05) is 29.6 Å². The van der Waals surface area contributed by atoms with E-state index in [9.17, 15) is 0 Å². The third-order valence-corrected chi connectivity index (χ3v) is 8.57. The maximum absolute atomic E-state index is 6.03. The van der Waals surface area contributed by atoms with E-state index in [2.05, 4.69) is 76.0 Å². The van der Waals surface area contributed by atoms with E-state index in [4.69, 9.17) is 4.74 Å². The molecule has 1 aliphatic rings. The van der Waals surface area contributed by atoms with E-state index < -0.39 is 5.51 Å². The molecule has 2 aromatic rings. The SMILES string of the molecule is CCC(C)OCP1(=[Se])CNc2cccc3cccc(c23)NC1. The van der Waals surface area contributed by atoms with Crippen LogP contribution in [0, 0.1) is 0 Å². The van der Waals surface area contributed by atoms with Crippen molar-refractivity contribution in [2.45, 2.75) is 26.4 Å². The van der Waals surface area contributed by atoms with E-state index in [1.807, 2.05) is 0 Å². The van der Waals surface area contributed by atoms with Gasteiger partial charge in [-0.3, -0.25) is 0 Å². The molecule has 0 saturated carbocycles. The van der Waals surface area contributed by atoms with Crippen LogP contribution < -0.4 is 10.6 Å². The Bertz CT molecular complexity index is 672. The van der Waals surface area contributed by atoms with Crippen molar-refractivity contribution in [1.29, 1.82) is 0 Å². The summed E-state index contributed by atoms with van der Waals surface area (Å²) < 4.78 is 6.03. The van der Waals surface area contributed by atoms with Crippen molar-refractivity contribution in [3.63, 3.8) is 0 Å². The number of ether oxygens (including phenoxy) is 1. The van der Waals surface area contributed by atoms with Gasteiger partial charge in [0.15, 0.2) is 0 Å². The first-order valence-corrected chi connectivity index (χ1v) is 12.4. The van der Waals surface area contributed by atoms with Crippen LogP contribution in [-0.2, 0) is 4.74 Å². The summed E-state index contributed by atoms with van der Waals surface area (Å²) >= 11 is 3.46. The van der Waals surface area contributed by atoms with Gasteiger partial charge in [-0.15, -0.1) is 0 Å². The van der Waals surface area contributed by atoms with Gasteiger partial charge in [0, 0.05) is 0 Å². The van der Waals surface area contributed by atoms with Gasteiger partial charge in [0.1, 0.15) is 0 Å². The van der Waals surface area contributed by atoms with Crippen LogP contribution in [-0.4, -0.2) is 40.1 Å². The topological polar surface area (TPSA) is 33.3 Å². The molecule has 1 heterocycles. The Labute approximate surface area is 140 Å². The first kappa shape index (κ1) is 16.1. The van der Waals surface area contributed by atoms with Gasteiger partial charge in [0.05, 0.1) is 0 Å². The molecule has 1 aliphatic heterocycles. The number of nitrogens with one attached hydrogen (secondary N) is 2. The fourth-order valence-electron chi connectivity index (χ4n) is 2.62. The van der Waals surface area contributed by atoms with Gasteiger partial charge in [-0.1, -0.05) is 0 Å². The average molecular weight is 381 g/mol. The van der Waals surface area contributed by atoms with Gasteiger partial charge >= 0.3 is 140 Å². The average Bonchev–Trinajstić information content (AvgIpc) is 2.54. The molecule has 0 amide bonds. The molecule has 1 atom stereocenters. The fourth-order valence-corrected chi connectivity index (χ4v) is 5.56.